The van der Waals surface area contributed by atoms with Crippen LogP contribution in [0.1, 0.15) is 36.6 Å². The van der Waals surface area contributed by atoms with E-state index in [1.807, 2.05) is 11.7 Å². The third-order valence-corrected chi connectivity index (χ3v) is 4.41. The molecule has 2 heterocycles. The molecule has 2 aromatic heterocycles. The van der Waals surface area contributed by atoms with Gasteiger partial charge in [-0.1, -0.05) is 32.0 Å². The van der Waals surface area contributed by atoms with Crippen LogP contribution in [0.3, 0.4) is 0 Å². The molecule has 1 aromatic carbocycles. The van der Waals surface area contributed by atoms with Crippen LogP contribution in [-0.2, 0) is 20.0 Å². The molecular formula is C19H26N4O. The number of benzene rings is 1. The molecule has 5 nitrogen and oxygen atoms in total. The first-order chi connectivity index (χ1) is 11.6. The average Bonchev–Trinajstić information content (AvgIpc) is 3.12. The molecule has 0 radical (unpaired) electrons. The molecule has 3 aromatic rings. The van der Waals surface area contributed by atoms with E-state index in [9.17, 15) is 0 Å². The van der Waals surface area contributed by atoms with Gasteiger partial charge >= 0.3 is 0 Å². The number of aromatic amines is 1. The second-order valence-corrected chi connectivity index (χ2v) is 6.44. The first-order valence-corrected chi connectivity index (χ1v) is 8.47. The van der Waals surface area contributed by atoms with Crippen molar-refractivity contribution in [3.05, 3.63) is 47.3 Å². The molecule has 0 spiro atoms. The van der Waals surface area contributed by atoms with Gasteiger partial charge in [0.05, 0.1) is 18.4 Å². The minimum atomic E-state index is 0.380. The summed E-state index contributed by atoms with van der Waals surface area (Å²) < 4.78 is 7.35. The maximum absolute atomic E-state index is 5.52. The number of H-pyrrole nitrogens is 1. The molecule has 3 rings (SSSR count). The molecule has 0 atom stereocenters. The molecular weight excluding hydrogens is 300 g/mol. The van der Waals surface area contributed by atoms with E-state index >= 15 is 0 Å². The van der Waals surface area contributed by atoms with Gasteiger partial charge in [0.2, 0.25) is 5.88 Å². The van der Waals surface area contributed by atoms with Gasteiger partial charge in [-0.25, -0.2) is 4.68 Å². The van der Waals surface area contributed by atoms with Gasteiger partial charge in [-0.15, -0.1) is 0 Å². The van der Waals surface area contributed by atoms with E-state index in [4.69, 9.17) is 4.74 Å². The summed E-state index contributed by atoms with van der Waals surface area (Å²) in [7, 11) is 3.64. The zero-order chi connectivity index (χ0) is 17.1. The Morgan fingerprint density at radius 3 is 2.83 bits per heavy atom. The molecule has 0 aliphatic carbocycles. The minimum Gasteiger partial charge on any atom is -0.481 e. The van der Waals surface area contributed by atoms with Crippen molar-refractivity contribution >= 4 is 10.9 Å². The van der Waals surface area contributed by atoms with E-state index in [0.29, 0.717) is 5.92 Å². The molecule has 0 aliphatic heterocycles. The lowest BCUT2D eigenvalue weighted by atomic mass is 10.1. The van der Waals surface area contributed by atoms with Crippen molar-refractivity contribution < 1.29 is 4.74 Å². The Hall–Kier alpha value is -2.27. The Morgan fingerprint density at radius 2 is 2.08 bits per heavy atom. The van der Waals surface area contributed by atoms with E-state index in [1.54, 1.807) is 7.11 Å². The second kappa shape index (κ2) is 7.09. The Kier molecular flexibility index (Phi) is 4.90. The lowest BCUT2D eigenvalue weighted by Gasteiger charge is -2.09. The monoisotopic (exact) mass is 326 g/mol. The normalized spacial score (nSPS) is 11.5. The number of fused-ring (bicyclic) bond motifs is 1. The van der Waals surface area contributed by atoms with E-state index in [2.05, 4.69) is 59.7 Å². The summed E-state index contributed by atoms with van der Waals surface area (Å²) in [6.45, 7) is 6.01. The van der Waals surface area contributed by atoms with Crippen LogP contribution in [0.25, 0.3) is 10.9 Å². The summed E-state index contributed by atoms with van der Waals surface area (Å²) in [6, 6.07) is 8.43. The SMILES string of the molecule is COc1c(CNCCc2c[nH]c3ccccc23)c(C(C)C)nn1C. The Bertz CT molecular complexity index is 816. The highest BCUT2D eigenvalue weighted by atomic mass is 16.5. The summed E-state index contributed by atoms with van der Waals surface area (Å²) in [5, 5.41) is 9.44. The number of aryl methyl sites for hydroxylation is 1. The number of hydrogen-bond donors (Lipinski definition) is 2. The zero-order valence-electron chi connectivity index (χ0n) is 14.9. The summed E-state index contributed by atoms with van der Waals surface area (Å²) in [4.78, 5) is 3.33. The first-order valence-electron chi connectivity index (χ1n) is 8.47. The Balaban J connectivity index is 1.64. The van der Waals surface area contributed by atoms with Gasteiger partial charge in [0.25, 0.3) is 0 Å². The highest BCUT2D eigenvalue weighted by Crippen LogP contribution is 2.26. The largest absolute Gasteiger partial charge is 0.481 e. The fraction of sp³-hybridized carbons (Fsp3) is 0.421. The van der Waals surface area contributed by atoms with Gasteiger partial charge in [-0.05, 0) is 30.5 Å². The predicted molar refractivity (Wildman–Crippen MR) is 97.6 cm³/mol. The zero-order valence-corrected chi connectivity index (χ0v) is 14.9. The van der Waals surface area contributed by atoms with Crippen molar-refractivity contribution in [1.82, 2.24) is 20.1 Å². The maximum atomic E-state index is 5.52. The van der Waals surface area contributed by atoms with Crippen molar-refractivity contribution in [2.75, 3.05) is 13.7 Å². The van der Waals surface area contributed by atoms with Gasteiger partial charge in [0.15, 0.2) is 0 Å². The van der Waals surface area contributed by atoms with E-state index in [1.165, 1.54) is 16.5 Å². The number of hydrogen-bond acceptors (Lipinski definition) is 3. The van der Waals surface area contributed by atoms with Crippen molar-refractivity contribution in [1.29, 1.82) is 0 Å². The summed E-state index contributed by atoms with van der Waals surface area (Å²) in [5.74, 6) is 1.23. The van der Waals surface area contributed by atoms with Crippen LogP contribution in [0, 0.1) is 0 Å². The van der Waals surface area contributed by atoms with Gasteiger partial charge in [-0.2, -0.15) is 5.10 Å². The van der Waals surface area contributed by atoms with Crippen molar-refractivity contribution in [2.45, 2.75) is 32.7 Å². The molecule has 5 heteroatoms. The number of para-hydroxylation sites is 1. The molecule has 128 valence electrons. The standard InChI is InChI=1S/C19H26N4O/c1-13(2)18-16(19(24-4)23(3)22-18)12-20-10-9-14-11-21-17-8-6-5-7-15(14)17/h5-8,11,13,20-21H,9-10,12H2,1-4H3. The molecule has 24 heavy (non-hydrogen) atoms. The summed E-state index contributed by atoms with van der Waals surface area (Å²) >= 11 is 0. The molecule has 0 unspecified atom stereocenters. The molecule has 0 aliphatic rings. The summed E-state index contributed by atoms with van der Waals surface area (Å²) in [6.07, 6.45) is 3.10. The minimum absolute atomic E-state index is 0.380. The van der Waals surface area contributed by atoms with E-state index < -0.39 is 0 Å². The van der Waals surface area contributed by atoms with Crippen LogP contribution >= 0.6 is 0 Å². The smallest absolute Gasteiger partial charge is 0.216 e. The van der Waals surface area contributed by atoms with Crippen LogP contribution in [0.5, 0.6) is 5.88 Å². The van der Waals surface area contributed by atoms with E-state index in [0.717, 1.165) is 36.6 Å². The molecule has 0 saturated carbocycles. The van der Waals surface area contributed by atoms with Crippen molar-refractivity contribution in [3.63, 3.8) is 0 Å². The number of rotatable bonds is 7. The Labute approximate surface area is 143 Å². The highest BCUT2D eigenvalue weighted by Gasteiger charge is 2.18. The number of methoxy groups -OCH3 is 1. The number of aromatic nitrogens is 3. The first kappa shape index (κ1) is 16.6. The maximum Gasteiger partial charge on any atom is 0.216 e. The van der Waals surface area contributed by atoms with Gasteiger partial charge in [0.1, 0.15) is 0 Å². The van der Waals surface area contributed by atoms with Crippen LogP contribution in [-0.4, -0.2) is 28.4 Å². The lowest BCUT2D eigenvalue weighted by Crippen LogP contribution is -2.18. The third-order valence-electron chi connectivity index (χ3n) is 4.41. The van der Waals surface area contributed by atoms with Crippen LogP contribution in [0.2, 0.25) is 0 Å². The van der Waals surface area contributed by atoms with Crippen LogP contribution in [0.4, 0.5) is 0 Å². The lowest BCUT2D eigenvalue weighted by molar-refractivity contribution is 0.368. The van der Waals surface area contributed by atoms with Gasteiger partial charge in [0, 0.05) is 30.7 Å². The molecule has 0 fully saturated rings. The molecule has 0 saturated heterocycles. The topological polar surface area (TPSA) is 54.9 Å². The average molecular weight is 326 g/mol. The molecule has 0 bridgehead atoms. The van der Waals surface area contributed by atoms with Gasteiger partial charge in [-0.3, -0.25) is 0 Å². The Morgan fingerprint density at radius 1 is 1.29 bits per heavy atom. The third kappa shape index (κ3) is 3.17. The fourth-order valence-corrected chi connectivity index (χ4v) is 3.23. The van der Waals surface area contributed by atoms with Crippen molar-refractivity contribution in [3.8, 4) is 5.88 Å². The second-order valence-electron chi connectivity index (χ2n) is 6.44. The molecule has 2 N–H and O–H groups in total. The van der Waals surface area contributed by atoms with Crippen LogP contribution < -0.4 is 10.1 Å². The van der Waals surface area contributed by atoms with E-state index in [-0.39, 0.29) is 0 Å². The predicted octanol–water partition coefficient (Wildman–Crippen LogP) is 3.37. The summed E-state index contributed by atoms with van der Waals surface area (Å²) in [5.41, 5.74) is 4.81. The fourth-order valence-electron chi connectivity index (χ4n) is 3.23. The highest BCUT2D eigenvalue weighted by molar-refractivity contribution is 5.83. The molecule has 0 amide bonds. The quantitative estimate of drug-likeness (QED) is 0.655. The van der Waals surface area contributed by atoms with Gasteiger partial charge < -0.3 is 15.0 Å². The number of ether oxygens (including phenoxy) is 1. The number of nitrogens with zero attached hydrogens (tertiary/aromatic N) is 2. The van der Waals surface area contributed by atoms with Crippen LogP contribution in [0.15, 0.2) is 30.5 Å². The van der Waals surface area contributed by atoms with Crippen molar-refractivity contribution in [2.24, 2.45) is 7.05 Å². The number of nitrogens with one attached hydrogen (secondary N) is 2.